The van der Waals surface area contributed by atoms with Crippen molar-refractivity contribution in [1.29, 1.82) is 0 Å². The molecule has 1 aliphatic rings. The van der Waals surface area contributed by atoms with Gasteiger partial charge in [0.15, 0.2) is 0 Å². The van der Waals surface area contributed by atoms with Crippen molar-refractivity contribution in [3.63, 3.8) is 0 Å². The smallest absolute Gasteiger partial charge is 0.0870 e. The van der Waals surface area contributed by atoms with Crippen LogP contribution in [0.4, 0.5) is 0 Å². The topological polar surface area (TPSA) is 48.1 Å². The van der Waals surface area contributed by atoms with Crippen molar-refractivity contribution in [2.24, 2.45) is 5.73 Å². The van der Waals surface area contributed by atoms with Crippen LogP contribution in [0.3, 0.4) is 0 Å². The van der Waals surface area contributed by atoms with E-state index >= 15 is 0 Å². The number of methoxy groups -OCH3 is 1. The van der Waals surface area contributed by atoms with Crippen molar-refractivity contribution in [2.45, 2.75) is 50.2 Å². The summed E-state index contributed by atoms with van der Waals surface area (Å²) in [7, 11) is 1.81. The Morgan fingerprint density at radius 2 is 1.86 bits per heavy atom. The third-order valence-electron chi connectivity index (χ3n) is 4.94. The first-order valence-electron chi connectivity index (χ1n) is 7.91. The summed E-state index contributed by atoms with van der Waals surface area (Å²) in [5, 5.41) is 1.15. The second kappa shape index (κ2) is 6.12. The fourth-order valence-electron chi connectivity index (χ4n) is 3.65. The van der Waals surface area contributed by atoms with Crippen LogP contribution in [-0.2, 0) is 4.74 Å². The van der Waals surface area contributed by atoms with Crippen molar-refractivity contribution >= 4 is 10.9 Å². The molecule has 0 aliphatic heterocycles. The molecule has 3 heteroatoms. The van der Waals surface area contributed by atoms with Crippen LogP contribution in [0.5, 0.6) is 0 Å². The van der Waals surface area contributed by atoms with E-state index in [4.69, 9.17) is 10.5 Å². The molecule has 1 aliphatic carbocycles. The molecule has 2 N–H and O–H groups in total. The fourth-order valence-corrected chi connectivity index (χ4v) is 3.65. The molecule has 3 rings (SSSR count). The van der Waals surface area contributed by atoms with E-state index in [0.717, 1.165) is 29.3 Å². The van der Waals surface area contributed by atoms with Crippen LogP contribution >= 0.6 is 0 Å². The van der Waals surface area contributed by atoms with Crippen LogP contribution in [-0.4, -0.2) is 17.7 Å². The Kier molecular flexibility index (Phi) is 4.22. The summed E-state index contributed by atoms with van der Waals surface area (Å²) in [5.74, 6) is 0. The van der Waals surface area contributed by atoms with E-state index in [1.165, 1.54) is 25.7 Å². The lowest BCUT2D eigenvalue weighted by atomic mass is 9.81. The minimum absolute atomic E-state index is 0.103. The van der Waals surface area contributed by atoms with E-state index in [-0.39, 0.29) is 11.6 Å². The van der Waals surface area contributed by atoms with E-state index in [9.17, 15) is 0 Å². The van der Waals surface area contributed by atoms with Gasteiger partial charge in [-0.25, -0.2) is 0 Å². The maximum atomic E-state index is 6.70. The number of fused-ring (bicyclic) bond motifs is 1. The van der Waals surface area contributed by atoms with Crippen LogP contribution in [0.15, 0.2) is 36.5 Å². The van der Waals surface area contributed by atoms with Crippen LogP contribution in [0.1, 0.15) is 50.1 Å². The normalized spacial score (nSPS) is 20.1. The highest BCUT2D eigenvalue weighted by Gasteiger charge is 2.38. The first-order chi connectivity index (χ1) is 10.3. The maximum absolute atomic E-state index is 6.70. The maximum Gasteiger partial charge on any atom is 0.0870 e. The lowest BCUT2D eigenvalue weighted by Crippen LogP contribution is -2.42. The molecule has 0 spiro atoms. The molecule has 0 radical (unpaired) electrons. The van der Waals surface area contributed by atoms with Gasteiger partial charge in [-0.3, -0.25) is 4.98 Å². The number of benzene rings is 1. The van der Waals surface area contributed by atoms with Crippen molar-refractivity contribution in [1.82, 2.24) is 4.98 Å². The molecular formula is C18H24N2O. The molecule has 1 aromatic heterocycles. The molecule has 0 bridgehead atoms. The average molecular weight is 284 g/mol. The van der Waals surface area contributed by atoms with E-state index in [1.807, 2.05) is 31.5 Å². The number of ether oxygens (including phenoxy) is 1. The highest BCUT2D eigenvalue weighted by Crippen LogP contribution is 2.40. The van der Waals surface area contributed by atoms with Gasteiger partial charge in [0.05, 0.1) is 17.2 Å². The number of rotatable bonds is 3. The molecule has 2 aromatic rings. The zero-order chi connectivity index (χ0) is 14.7. The van der Waals surface area contributed by atoms with Crippen LogP contribution in [0, 0.1) is 0 Å². The predicted molar refractivity (Wildman–Crippen MR) is 86.1 cm³/mol. The van der Waals surface area contributed by atoms with E-state index in [1.54, 1.807) is 0 Å². The summed E-state index contributed by atoms with van der Waals surface area (Å²) in [4.78, 5) is 4.44. The Hall–Kier alpha value is -1.45. The number of nitrogens with zero attached hydrogens (tertiary/aromatic N) is 1. The summed E-state index contributed by atoms with van der Waals surface area (Å²) < 4.78 is 5.98. The monoisotopic (exact) mass is 284 g/mol. The van der Waals surface area contributed by atoms with E-state index in [0.29, 0.717) is 0 Å². The third kappa shape index (κ3) is 2.68. The minimum Gasteiger partial charge on any atom is -0.376 e. The second-order valence-electron chi connectivity index (χ2n) is 6.08. The first-order valence-corrected chi connectivity index (χ1v) is 7.91. The second-order valence-corrected chi connectivity index (χ2v) is 6.08. The molecule has 21 heavy (non-hydrogen) atoms. The summed E-state index contributed by atoms with van der Waals surface area (Å²) in [6.45, 7) is 0. The van der Waals surface area contributed by atoms with Crippen LogP contribution in [0.2, 0.25) is 0 Å². The zero-order valence-corrected chi connectivity index (χ0v) is 12.7. The molecule has 1 atom stereocenters. The Balaban J connectivity index is 2.03. The molecule has 0 amide bonds. The lowest BCUT2D eigenvalue weighted by Gasteiger charge is -2.37. The molecule has 1 aromatic carbocycles. The van der Waals surface area contributed by atoms with Gasteiger partial charge in [0.1, 0.15) is 0 Å². The van der Waals surface area contributed by atoms with E-state index in [2.05, 4.69) is 17.1 Å². The Bertz CT molecular complexity index is 598. The van der Waals surface area contributed by atoms with Gasteiger partial charge in [0.25, 0.3) is 0 Å². The molecule has 112 valence electrons. The average Bonchev–Trinajstić information content (AvgIpc) is 2.80. The molecule has 3 nitrogen and oxygen atoms in total. The summed E-state index contributed by atoms with van der Waals surface area (Å²) in [5.41, 5.74) is 8.62. The molecular weight excluding hydrogens is 260 g/mol. The lowest BCUT2D eigenvalue weighted by molar-refractivity contribution is -0.0439. The van der Waals surface area contributed by atoms with Crippen molar-refractivity contribution < 1.29 is 4.74 Å². The van der Waals surface area contributed by atoms with Gasteiger partial charge in [-0.15, -0.1) is 0 Å². The highest BCUT2D eigenvalue weighted by atomic mass is 16.5. The molecule has 1 saturated carbocycles. The largest absolute Gasteiger partial charge is 0.376 e. The predicted octanol–water partition coefficient (Wildman–Crippen LogP) is 3.97. The van der Waals surface area contributed by atoms with Gasteiger partial charge in [0, 0.05) is 18.7 Å². The number of hydrogen-bond acceptors (Lipinski definition) is 3. The number of pyridine rings is 1. The molecule has 1 fully saturated rings. The summed E-state index contributed by atoms with van der Waals surface area (Å²) in [6.07, 6.45) is 8.89. The van der Waals surface area contributed by atoms with Crippen LogP contribution < -0.4 is 5.73 Å². The van der Waals surface area contributed by atoms with Gasteiger partial charge in [-0.2, -0.15) is 0 Å². The third-order valence-corrected chi connectivity index (χ3v) is 4.94. The van der Waals surface area contributed by atoms with Crippen LogP contribution in [0.25, 0.3) is 10.9 Å². The van der Waals surface area contributed by atoms with Gasteiger partial charge in [-0.1, -0.05) is 43.9 Å². The standard InChI is InChI=1S/C18H24N2O/c1-21-18(11-4-2-3-5-12-18)17(19)15-8-6-10-16-14(15)9-7-13-20-16/h6-10,13,17H,2-5,11-12,19H2,1H3. The Morgan fingerprint density at radius 3 is 2.57 bits per heavy atom. The minimum atomic E-state index is -0.235. The van der Waals surface area contributed by atoms with Gasteiger partial charge in [-0.05, 0) is 30.5 Å². The fraction of sp³-hybridized carbons (Fsp3) is 0.500. The molecule has 1 heterocycles. The zero-order valence-electron chi connectivity index (χ0n) is 12.7. The highest BCUT2D eigenvalue weighted by molar-refractivity contribution is 5.82. The summed E-state index contributed by atoms with van der Waals surface area (Å²) in [6, 6.07) is 10.2. The summed E-state index contributed by atoms with van der Waals surface area (Å²) >= 11 is 0. The SMILES string of the molecule is COC1(C(N)c2cccc3ncccc23)CCCCCC1. The molecule has 1 unspecified atom stereocenters. The Labute approximate surface area is 126 Å². The number of aromatic nitrogens is 1. The first kappa shape index (κ1) is 14.5. The van der Waals surface area contributed by atoms with Crippen molar-refractivity contribution in [3.05, 3.63) is 42.1 Å². The number of nitrogens with two attached hydrogens (primary N) is 1. The van der Waals surface area contributed by atoms with Gasteiger partial charge in [0.2, 0.25) is 0 Å². The van der Waals surface area contributed by atoms with Crippen molar-refractivity contribution in [3.8, 4) is 0 Å². The quantitative estimate of drug-likeness (QED) is 0.867. The number of hydrogen-bond donors (Lipinski definition) is 1. The van der Waals surface area contributed by atoms with E-state index < -0.39 is 0 Å². The van der Waals surface area contributed by atoms with Gasteiger partial charge < -0.3 is 10.5 Å². The molecule has 0 saturated heterocycles. The Morgan fingerprint density at radius 1 is 1.10 bits per heavy atom. The van der Waals surface area contributed by atoms with Crippen molar-refractivity contribution in [2.75, 3.05) is 7.11 Å². The van der Waals surface area contributed by atoms with Gasteiger partial charge >= 0.3 is 0 Å².